The van der Waals surface area contributed by atoms with Crippen molar-refractivity contribution in [2.45, 2.75) is 6.61 Å². The maximum absolute atomic E-state index is 13.5. The summed E-state index contributed by atoms with van der Waals surface area (Å²) in [5, 5.41) is 0.730. The van der Waals surface area contributed by atoms with E-state index in [1.54, 1.807) is 36.4 Å². The molecule has 0 saturated heterocycles. The van der Waals surface area contributed by atoms with E-state index in [4.69, 9.17) is 27.9 Å². The topological polar surface area (TPSA) is 9.23 Å². The second kappa shape index (κ2) is 5.39. The van der Waals surface area contributed by atoms with Gasteiger partial charge in [0.1, 0.15) is 18.2 Å². The lowest BCUT2D eigenvalue weighted by molar-refractivity contribution is 0.300. The molecule has 0 N–H and O–H groups in total. The molecule has 0 fully saturated rings. The highest BCUT2D eigenvalue weighted by Crippen LogP contribution is 2.21. The molecule has 0 aliphatic heterocycles. The minimum Gasteiger partial charge on any atom is -0.489 e. The predicted octanol–water partition coefficient (Wildman–Crippen LogP) is 4.71. The van der Waals surface area contributed by atoms with Gasteiger partial charge in [-0.15, -0.1) is 0 Å². The molecule has 0 bridgehead atoms. The zero-order valence-electron chi connectivity index (χ0n) is 8.79. The van der Waals surface area contributed by atoms with Crippen LogP contribution in [0.4, 0.5) is 4.39 Å². The Labute approximate surface area is 109 Å². The van der Waals surface area contributed by atoms with Crippen LogP contribution in [0, 0.1) is 5.82 Å². The minimum atomic E-state index is -0.442. The normalized spacial score (nSPS) is 10.3. The van der Waals surface area contributed by atoms with Crippen LogP contribution in [0.15, 0.2) is 42.5 Å². The Balaban J connectivity index is 2.07. The van der Waals surface area contributed by atoms with Gasteiger partial charge >= 0.3 is 0 Å². The molecule has 2 rings (SSSR count). The third kappa shape index (κ3) is 3.11. The van der Waals surface area contributed by atoms with E-state index in [-0.39, 0.29) is 11.6 Å². The summed E-state index contributed by atoms with van der Waals surface area (Å²) < 4.78 is 19.0. The molecule has 0 radical (unpaired) electrons. The molecule has 0 heterocycles. The third-order valence-electron chi connectivity index (χ3n) is 2.24. The minimum absolute atomic E-state index is 0.0993. The van der Waals surface area contributed by atoms with Gasteiger partial charge in [0, 0.05) is 10.6 Å². The van der Waals surface area contributed by atoms with Gasteiger partial charge in [-0.25, -0.2) is 4.39 Å². The van der Waals surface area contributed by atoms with E-state index in [2.05, 4.69) is 0 Å². The average molecular weight is 271 g/mol. The van der Waals surface area contributed by atoms with Crippen LogP contribution in [0.25, 0.3) is 0 Å². The second-order valence-corrected chi connectivity index (χ2v) is 4.30. The molecule has 2 aromatic carbocycles. The highest BCUT2D eigenvalue weighted by molar-refractivity contribution is 6.31. The molecule has 0 unspecified atom stereocenters. The first-order valence-electron chi connectivity index (χ1n) is 4.98. The highest BCUT2D eigenvalue weighted by Gasteiger charge is 2.06. The molecule has 1 nitrogen and oxygen atoms in total. The van der Waals surface area contributed by atoms with E-state index in [1.165, 1.54) is 6.07 Å². The summed E-state index contributed by atoms with van der Waals surface area (Å²) in [5.41, 5.74) is 0.424. The molecule has 0 aliphatic rings. The van der Waals surface area contributed by atoms with Crippen molar-refractivity contribution in [3.63, 3.8) is 0 Å². The van der Waals surface area contributed by atoms with Gasteiger partial charge < -0.3 is 4.74 Å². The Morgan fingerprint density at radius 1 is 1.00 bits per heavy atom. The lowest BCUT2D eigenvalue weighted by atomic mass is 10.2. The number of halogens is 3. The van der Waals surface area contributed by atoms with Gasteiger partial charge in [0.2, 0.25) is 0 Å². The molecule has 0 saturated carbocycles. The van der Waals surface area contributed by atoms with E-state index in [0.717, 1.165) is 0 Å². The second-order valence-electron chi connectivity index (χ2n) is 3.46. The Bertz CT molecular complexity index is 511. The first-order valence-corrected chi connectivity index (χ1v) is 5.73. The highest BCUT2D eigenvalue weighted by atomic mass is 35.5. The molecular weight excluding hydrogens is 262 g/mol. The largest absolute Gasteiger partial charge is 0.489 e. The van der Waals surface area contributed by atoms with E-state index in [1.807, 2.05) is 0 Å². The maximum atomic E-state index is 13.5. The third-order valence-corrected chi connectivity index (χ3v) is 2.78. The van der Waals surface area contributed by atoms with E-state index < -0.39 is 5.82 Å². The van der Waals surface area contributed by atoms with Crippen molar-refractivity contribution in [3.05, 3.63) is 63.9 Å². The zero-order chi connectivity index (χ0) is 12.3. The quantitative estimate of drug-likeness (QED) is 0.785. The zero-order valence-corrected chi connectivity index (χ0v) is 10.3. The van der Waals surface area contributed by atoms with Crippen LogP contribution in [0.3, 0.4) is 0 Å². The first kappa shape index (κ1) is 12.2. The Morgan fingerprint density at radius 2 is 1.71 bits per heavy atom. The Kier molecular flexibility index (Phi) is 3.87. The fraction of sp³-hybridized carbons (Fsp3) is 0.0769. The van der Waals surface area contributed by atoms with E-state index >= 15 is 0 Å². The molecule has 17 heavy (non-hydrogen) atoms. The van der Waals surface area contributed by atoms with Gasteiger partial charge in [-0.3, -0.25) is 0 Å². The van der Waals surface area contributed by atoms with Crippen LogP contribution in [0.2, 0.25) is 10.0 Å². The van der Waals surface area contributed by atoms with Crippen LogP contribution in [0.1, 0.15) is 5.56 Å². The number of hydrogen-bond acceptors (Lipinski definition) is 1. The van der Waals surface area contributed by atoms with Crippen LogP contribution in [-0.2, 0) is 6.61 Å². The SMILES string of the molecule is Fc1c(Cl)cccc1COc1ccc(Cl)cc1. The standard InChI is InChI=1S/C13H9Cl2FO/c14-10-4-6-11(7-5-10)17-8-9-2-1-3-12(15)13(9)16/h1-7H,8H2. The smallest absolute Gasteiger partial charge is 0.148 e. The van der Waals surface area contributed by atoms with Gasteiger partial charge in [-0.2, -0.15) is 0 Å². The summed E-state index contributed by atoms with van der Waals surface area (Å²) in [6.45, 7) is 0.133. The summed E-state index contributed by atoms with van der Waals surface area (Å²) in [6.07, 6.45) is 0. The first-order chi connectivity index (χ1) is 8.16. The van der Waals surface area contributed by atoms with Crippen molar-refractivity contribution in [2.75, 3.05) is 0 Å². The van der Waals surface area contributed by atoms with Crippen molar-refractivity contribution in [1.29, 1.82) is 0 Å². The van der Waals surface area contributed by atoms with E-state index in [0.29, 0.717) is 16.3 Å². The molecular formula is C13H9Cl2FO. The summed E-state index contributed by atoms with van der Waals surface area (Å²) in [4.78, 5) is 0. The molecule has 0 amide bonds. The number of ether oxygens (including phenoxy) is 1. The average Bonchev–Trinajstić information content (AvgIpc) is 2.33. The summed E-state index contributed by atoms with van der Waals surface area (Å²) in [7, 11) is 0. The Hall–Kier alpha value is -1.25. The predicted molar refractivity (Wildman–Crippen MR) is 67.2 cm³/mol. The van der Waals surface area contributed by atoms with Gasteiger partial charge in [-0.1, -0.05) is 35.3 Å². The van der Waals surface area contributed by atoms with Crippen molar-refractivity contribution in [3.8, 4) is 5.75 Å². The van der Waals surface area contributed by atoms with Crippen LogP contribution >= 0.6 is 23.2 Å². The molecule has 0 atom stereocenters. The van der Waals surface area contributed by atoms with Gasteiger partial charge in [0.05, 0.1) is 5.02 Å². The summed E-state index contributed by atoms with van der Waals surface area (Å²) in [5.74, 6) is 0.192. The fourth-order valence-electron chi connectivity index (χ4n) is 1.35. The van der Waals surface area contributed by atoms with Crippen molar-refractivity contribution < 1.29 is 9.13 Å². The lowest BCUT2D eigenvalue weighted by Crippen LogP contribution is -1.98. The Morgan fingerprint density at radius 3 is 2.41 bits per heavy atom. The van der Waals surface area contributed by atoms with Gasteiger partial charge in [-0.05, 0) is 30.3 Å². The summed E-state index contributed by atoms with van der Waals surface area (Å²) >= 11 is 11.4. The van der Waals surface area contributed by atoms with Crippen molar-refractivity contribution >= 4 is 23.2 Å². The monoisotopic (exact) mass is 270 g/mol. The van der Waals surface area contributed by atoms with Crippen molar-refractivity contribution in [1.82, 2.24) is 0 Å². The molecule has 2 aromatic rings. The molecule has 0 spiro atoms. The van der Waals surface area contributed by atoms with Crippen LogP contribution in [-0.4, -0.2) is 0 Å². The van der Waals surface area contributed by atoms with Gasteiger partial charge in [0.15, 0.2) is 0 Å². The summed E-state index contributed by atoms with van der Waals surface area (Å²) in [6, 6.07) is 11.7. The molecule has 0 aromatic heterocycles. The molecule has 0 aliphatic carbocycles. The lowest BCUT2D eigenvalue weighted by Gasteiger charge is -2.07. The van der Waals surface area contributed by atoms with Crippen LogP contribution < -0.4 is 4.74 Å². The fourth-order valence-corrected chi connectivity index (χ4v) is 1.67. The van der Waals surface area contributed by atoms with Crippen molar-refractivity contribution in [2.24, 2.45) is 0 Å². The molecule has 88 valence electrons. The van der Waals surface area contributed by atoms with E-state index in [9.17, 15) is 4.39 Å². The van der Waals surface area contributed by atoms with Crippen LogP contribution in [0.5, 0.6) is 5.75 Å². The number of benzene rings is 2. The molecule has 4 heteroatoms. The van der Waals surface area contributed by atoms with Gasteiger partial charge in [0.25, 0.3) is 0 Å². The maximum Gasteiger partial charge on any atom is 0.148 e. The number of hydrogen-bond donors (Lipinski definition) is 0. The number of rotatable bonds is 3.